The monoisotopic (exact) mass is 231 g/mol. The lowest BCUT2D eigenvalue weighted by Crippen LogP contribution is -2.25. The van der Waals surface area contributed by atoms with Gasteiger partial charge in [-0.3, -0.25) is 0 Å². The minimum Gasteiger partial charge on any atom is -0.479 e. The summed E-state index contributed by atoms with van der Waals surface area (Å²) >= 11 is 0. The van der Waals surface area contributed by atoms with Gasteiger partial charge >= 0.3 is 0 Å². The Bertz CT molecular complexity index is 389. The van der Waals surface area contributed by atoms with Crippen LogP contribution in [-0.4, -0.2) is 18.5 Å². The van der Waals surface area contributed by atoms with Gasteiger partial charge in [0, 0.05) is 6.42 Å². The molecule has 1 aromatic rings. The Morgan fingerprint density at radius 2 is 1.88 bits per heavy atom. The van der Waals surface area contributed by atoms with E-state index in [1.165, 1.54) is 5.56 Å². The van der Waals surface area contributed by atoms with Gasteiger partial charge in [-0.25, -0.2) is 4.99 Å². The van der Waals surface area contributed by atoms with Gasteiger partial charge in [-0.2, -0.15) is 0 Å². The first-order chi connectivity index (χ1) is 8.05. The lowest BCUT2D eigenvalue weighted by atomic mass is 9.88. The molecule has 1 unspecified atom stereocenters. The Balaban J connectivity index is 1.89. The normalized spacial score (nSPS) is 19.9. The Hall–Kier alpha value is -1.31. The largest absolute Gasteiger partial charge is 0.479 e. The van der Waals surface area contributed by atoms with Crippen molar-refractivity contribution in [2.24, 2.45) is 10.4 Å². The molecule has 0 bridgehead atoms. The van der Waals surface area contributed by atoms with Crippen LogP contribution in [0.4, 0.5) is 0 Å². The Kier molecular flexibility index (Phi) is 3.51. The first-order valence-electron chi connectivity index (χ1n) is 6.29. The van der Waals surface area contributed by atoms with Crippen molar-refractivity contribution in [3.05, 3.63) is 35.9 Å². The summed E-state index contributed by atoms with van der Waals surface area (Å²) in [7, 11) is 0. The molecule has 0 saturated carbocycles. The average molecular weight is 231 g/mol. The van der Waals surface area contributed by atoms with E-state index in [-0.39, 0.29) is 5.41 Å². The highest BCUT2D eigenvalue weighted by molar-refractivity contribution is 5.78. The molecule has 0 saturated heterocycles. The predicted octanol–water partition coefficient (Wildman–Crippen LogP) is 3.46. The van der Waals surface area contributed by atoms with Gasteiger partial charge in [0.1, 0.15) is 6.61 Å². The summed E-state index contributed by atoms with van der Waals surface area (Å²) in [5.41, 5.74) is 1.55. The second-order valence-electron chi connectivity index (χ2n) is 5.70. The molecule has 1 atom stereocenters. The zero-order valence-electron chi connectivity index (χ0n) is 10.9. The number of benzene rings is 1. The van der Waals surface area contributed by atoms with Crippen LogP contribution in [-0.2, 0) is 11.2 Å². The van der Waals surface area contributed by atoms with Crippen molar-refractivity contribution in [1.29, 1.82) is 0 Å². The Morgan fingerprint density at radius 1 is 1.18 bits per heavy atom. The molecule has 0 aliphatic carbocycles. The molecule has 1 aliphatic heterocycles. The topological polar surface area (TPSA) is 21.6 Å². The van der Waals surface area contributed by atoms with E-state index in [4.69, 9.17) is 4.74 Å². The molecule has 92 valence electrons. The number of ether oxygens (including phenoxy) is 1. The molecule has 1 aliphatic rings. The van der Waals surface area contributed by atoms with Gasteiger partial charge in [-0.1, -0.05) is 51.1 Å². The quantitative estimate of drug-likeness (QED) is 0.780. The number of aliphatic imine (C=N–C) groups is 1. The summed E-state index contributed by atoms with van der Waals surface area (Å²) in [5.74, 6) is 0.925. The molecule has 0 amide bonds. The van der Waals surface area contributed by atoms with Crippen LogP contribution in [0, 0.1) is 5.41 Å². The van der Waals surface area contributed by atoms with Crippen molar-refractivity contribution in [2.75, 3.05) is 6.61 Å². The second kappa shape index (κ2) is 4.91. The van der Waals surface area contributed by atoms with Crippen LogP contribution < -0.4 is 0 Å². The van der Waals surface area contributed by atoms with Crippen molar-refractivity contribution in [3.8, 4) is 0 Å². The van der Waals surface area contributed by atoms with E-state index >= 15 is 0 Å². The van der Waals surface area contributed by atoms with Crippen LogP contribution >= 0.6 is 0 Å². The van der Waals surface area contributed by atoms with Gasteiger partial charge in [-0.05, 0) is 17.4 Å². The number of hydrogen-bond acceptors (Lipinski definition) is 2. The summed E-state index contributed by atoms with van der Waals surface area (Å²) in [6.45, 7) is 7.38. The van der Waals surface area contributed by atoms with E-state index in [0.29, 0.717) is 6.04 Å². The highest BCUT2D eigenvalue weighted by atomic mass is 16.5. The second-order valence-corrected chi connectivity index (χ2v) is 5.70. The minimum atomic E-state index is 0.203. The fraction of sp³-hybridized carbons (Fsp3) is 0.533. The first kappa shape index (κ1) is 12.2. The molecule has 0 fully saturated rings. The highest BCUT2D eigenvalue weighted by Gasteiger charge is 2.29. The molecule has 2 nitrogen and oxygen atoms in total. The maximum Gasteiger partial charge on any atom is 0.184 e. The van der Waals surface area contributed by atoms with Crippen molar-refractivity contribution in [2.45, 2.75) is 39.7 Å². The lowest BCUT2D eigenvalue weighted by molar-refractivity contribution is 0.233. The van der Waals surface area contributed by atoms with Crippen molar-refractivity contribution in [1.82, 2.24) is 0 Å². The van der Waals surface area contributed by atoms with Crippen LogP contribution in [0.1, 0.15) is 32.8 Å². The standard InChI is InChI=1S/C15H21NO/c1-15(2,3)13-11-17-14(16-13)10-9-12-7-5-4-6-8-12/h4-8,13H,9-11H2,1-3H3. The maximum absolute atomic E-state index is 5.66. The first-order valence-corrected chi connectivity index (χ1v) is 6.29. The van der Waals surface area contributed by atoms with Crippen LogP contribution in [0.15, 0.2) is 35.3 Å². The molecular formula is C15H21NO. The van der Waals surface area contributed by atoms with E-state index < -0.39 is 0 Å². The zero-order chi connectivity index (χ0) is 12.3. The summed E-state index contributed by atoms with van der Waals surface area (Å²) < 4.78 is 5.66. The Labute approximate surface area is 104 Å². The smallest absolute Gasteiger partial charge is 0.184 e. The SMILES string of the molecule is CC(C)(C)C1COC(CCc2ccccc2)=N1. The van der Waals surface area contributed by atoms with E-state index in [1.807, 2.05) is 6.07 Å². The summed E-state index contributed by atoms with van der Waals surface area (Å²) in [6, 6.07) is 10.8. The maximum atomic E-state index is 5.66. The molecule has 0 aromatic heterocycles. The fourth-order valence-electron chi connectivity index (χ4n) is 1.90. The molecule has 1 aromatic carbocycles. The summed E-state index contributed by atoms with van der Waals surface area (Å²) in [6.07, 6.45) is 1.92. The van der Waals surface area contributed by atoms with E-state index in [1.54, 1.807) is 0 Å². The number of hydrogen-bond donors (Lipinski definition) is 0. The highest BCUT2D eigenvalue weighted by Crippen LogP contribution is 2.26. The molecule has 17 heavy (non-hydrogen) atoms. The van der Waals surface area contributed by atoms with Crippen molar-refractivity contribution < 1.29 is 4.74 Å². The fourth-order valence-corrected chi connectivity index (χ4v) is 1.90. The average Bonchev–Trinajstić information content (AvgIpc) is 2.76. The number of nitrogens with zero attached hydrogens (tertiary/aromatic N) is 1. The molecule has 2 rings (SSSR count). The number of rotatable bonds is 3. The van der Waals surface area contributed by atoms with Crippen LogP contribution in [0.2, 0.25) is 0 Å². The lowest BCUT2D eigenvalue weighted by Gasteiger charge is -2.21. The summed E-state index contributed by atoms with van der Waals surface area (Å²) in [4.78, 5) is 4.67. The van der Waals surface area contributed by atoms with Gasteiger partial charge < -0.3 is 4.74 Å². The van der Waals surface area contributed by atoms with E-state index in [2.05, 4.69) is 50.0 Å². The van der Waals surface area contributed by atoms with Crippen molar-refractivity contribution in [3.63, 3.8) is 0 Å². The predicted molar refractivity (Wildman–Crippen MR) is 71.4 cm³/mol. The molecule has 0 N–H and O–H groups in total. The minimum absolute atomic E-state index is 0.203. The van der Waals surface area contributed by atoms with Gasteiger partial charge in [0.15, 0.2) is 5.90 Å². The van der Waals surface area contributed by atoms with Crippen LogP contribution in [0.3, 0.4) is 0 Å². The Morgan fingerprint density at radius 3 is 2.47 bits per heavy atom. The van der Waals surface area contributed by atoms with Crippen LogP contribution in [0.25, 0.3) is 0 Å². The molecular weight excluding hydrogens is 210 g/mol. The molecule has 0 spiro atoms. The van der Waals surface area contributed by atoms with E-state index in [9.17, 15) is 0 Å². The van der Waals surface area contributed by atoms with Gasteiger partial charge in [-0.15, -0.1) is 0 Å². The van der Waals surface area contributed by atoms with Gasteiger partial charge in [0.05, 0.1) is 6.04 Å². The molecule has 1 heterocycles. The molecule has 2 heteroatoms. The van der Waals surface area contributed by atoms with Crippen molar-refractivity contribution >= 4 is 5.90 Å². The number of aryl methyl sites for hydroxylation is 1. The van der Waals surface area contributed by atoms with Gasteiger partial charge in [0.2, 0.25) is 0 Å². The molecule has 0 radical (unpaired) electrons. The third kappa shape index (κ3) is 3.32. The zero-order valence-corrected chi connectivity index (χ0v) is 10.9. The van der Waals surface area contributed by atoms with Gasteiger partial charge in [0.25, 0.3) is 0 Å². The third-order valence-corrected chi connectivity index (χ3v) is 3.18. The summed E-state index contributed by atoms with van der Waals surface area (Å²) in [5, 5.41) is 0. The third-order valence-electron chi connectivity index (χ3n) is 3.18. The van der Waals surface area contributed by atoms with Crippen LogP contribution in [0.5, 0.6) is 0 Å². The van der Waals surface area contributed by atoms with E-state index in [0.717, 1.165) is 25.3 Å².